The van der Waals surface area contributed by atoms with Gasteiger partial charge in [0.05, 0.1) is 26.8 Å². The van der Waals surface area contributed by atoms with Crippen molar-refractivity contribution >= 4 is 40.8 Å². The standard InChI is InChI=1S/C13H16Cl2N2O3/c1-4-16-13(2,3)12(20)17-10-8(14)5-7(11(18)19)6-9(10)15/h5-6,16H,4H2,1-3H3,(H,17,20)(H,18,19). The average Bonchev–Trinajstić information content (AvgIpc) is 2.32. The van der Waals surface area contributed by atoms with E-state index in [9.17, 15) is 9.59 Å². The van der Waals surface area contributed by atoms with Gasteiger partial charge in [-0.2, -0.15) is 0 Å². The van der Waals surface area contributed by atoms with Crippen LogP contribution in [0.5, 0.6) is 0 Å². The third kappa shape index (κ3) is 3.85. The molecule has 5 nitrogen and oxygen atoms in total. The van der Waals surface area contributed by atoms with Crippen molar-refractivity contribution in [3.8, 4) is 0 Å². The summed E-state index contributed by atoms with van der Waals surface area (Å²) in [5.41, 5.74) is -0.634. The molecule has 1 aromatic rings. The van der Waals surface area contributed by atoms with E-state index in [2.05, 4.69) is 10.6 Å². The van der Waals surface area contributed by atoms with Crippen LogP contribution in [-0.2, 0) is 4.79 Å². The summed E-state index contributed by atoms with van der Waals surface area (Å²) in [4.78, 5) is 23.0. The number of rotatable bonds is 5. The van der Waals surface area contributed by atoms with Crippen LogP contribution >= 0.6 is 23.2 Å². The lowest BCUT2D eigenvalue weighted by atomic mass is 10.0. The molecular formula is C13H16Cl2N2O3. The molecule has 0 aromatic heterocycles. The maximum absolute atomic E-state index is 12.1. The third-order valence-corrected chi connectivity index (χ3v) is 3.31. The number of halogens is 2. The van der Waals surface area contributed by atoms with E-state index in [0.29, 0.717) is 6.54 Å². The Labute approximate surface area is 127 Å². The van der Waals surface area contributed by atoms with Crippen LogP contribution in [0.15, 0.2) is 12.1 Å². The summed E-state index contributed by atoms with van der Waals surface area (Å²) < 4.78 is 0. The molecule has 0 saturated heterocycles. The van der Waals surface area contributed by atoms with Crippen molar-refractivity contribution in [2.45, 2.75) is 26.3 Å². The number of hydrogen-bond donors (Lipinski definition) is 3. The Kier molecular flexibility index (Phi) is 5.39. The van der Waals surface area contributed by atoms with Gasteiger partial charge in [-0.25, -0.2) is 4.79 Å². The first kappa shape index (κ1) is 16.8. The van der Waals surface area contributed by atoms with Gasteiger partial charge in [0.15, 0.2) is 0 Å². The second kappa shape index (κ2) is 6.43. The fraction of sp³-hybridized carbons (Fsp3) is 0.385. The number of carboxylic acid groups (broad SMARTS) is 1. The zero-order valence-electron chi connectivity index (χ0n) is 11.4. The number of carboxylic acids is 1. The molecule has 0 atom stereocenters. The van der Waals surface area contributed by atoms with Crippen molar-refractivity contribution in [1.29, 1.82) is 0 Å². The minimum atomic E-state index is -1.14. The zero-order valence-corrected chi connectivity index (χ0v) is 12.9. The fourth-order valence-electron chi connectivity index (χ4n) is 1.61. The van der Waals surface area contributed by atoms with Gasteiger partial charge in [-0.1, -0.05) is 30.1 Å². The summed E-state index contributed by atoms with van der Waals surface area (Å²) in [7, 11) is 0. The Balaban J connectivity index is 3.05. The molecule has 0 bridgehead atoms. The van der Waals surface area contributed by atoms with E-state index in [-0.39, 0.29) is 27.2 Å². The molecule has 20 heavy (non-hydrogen) atoms. The summed E-state index contributed by atoms with van der Waals surface area (Å²) in [6, 6.07) is 2.48. The van der Waals surface area contributed by atoms with Gasteiger partial charge < -0.3 is 15.7 Å². The molecule has 0 aliphatic heterocycles. The van der Waals surface area contributed by atoms with Gasteiger partial charge in [0.2, 0.25) is 5.91 Å². The van der Waals surface area contributed by atoms with Crippen LogP contribution in [0.25, 0.3) is 0 Å². The van der Waals surface area contributed by atoms with E-state index in [1.165, 1.54) is 12.1 Å². The van der Waals surface area contributed by atoms with Crippen molar-refractivity contribution in [2.24, 2.45) is 0 Å². The van der Waals surface area contributed by atoms with Gasteiger partial charge >= 0.3 is 5.97 Å². The second-order valence-electron chi connectivity index (χ2n) is 4.73. The van der Waals surface area contributed by atoms with Crippen LogP contribution in [0.2, 0.25) is 10.0 Å². The van der Waals surface area contributed by atoms with E-state index in [1.807, 2.05) is 6.92 Å². The number of benzene rings is 1. The van der Waals surface area contributed by atoms with Crippen LogP contribution in [0.3, 0.4) is 0 Å². The first-order valence-corrected chi connectivity index (χ1v) is 6.73. The first-order chi connectivity index (χ1) is 9.19. The van der Waals surface area contributed by atoms with Gasteiger partial charge in [-0.3, -0.25) is 4.79 Å². The molecule has 1 aromatic carbocycles. The highest BCUT2D eigenvalue weighted by atomic mass is 35.5. The number of hydrogen-bond acceptors (Lipinski definition) is 3. The zero-order chi connectivity index (χ0) is 15.5. The highest BCUT2D eigenvalue weighted by Crippen LogP contribution is 2.32. The van der Waals surface area contributed by atoms with Gasteiger partial charge in [-0.05, 0) is 32.5 Å². The number of likely N-dealkylation sites (N-methyl/N-ethyl adjacent to an activating group) is 1. The quantitative estimate of drug-likeness (QED) is 0.779. The number of amides is 1. The normalized spacial score (nSPS) is 11.2. The third-order valence-electron chi connectivity index (χ3n) is 2.71. The molecule has 0 spiro atoms. The molecule has 0 aliphatic carbocycles. The molecule has 0 radical (unpaired) electrons. The summed E-state index contributed by atoms with van der Waals surface area (Å²) >= 11 is 11.9. The predicted octanol–water partition coefficient (Wildman–Crippen LogP) is 3.02. The smallest absolute Gasteiger partial charge is 0.335 e. The topological polar surface area (TPSA) is 78.4 Å². The van der Waals surface area contributed by atoms with Gasteiger partial charge in [0.1, 0.15) is 0 Å². The second-order valence-corrected chi connectivity index (χ2v) is 5.54. The van der Waals surface area contributed by atoms with E-state index >= 15 is 0 Å². The number of carbonyl (C=O) groups excluding carboxylic acids is 1. The Morgan fingerprint density at radius 2 is 1.75 bits per heavy atom. The van der Waals surface area contributed by atoms with Crippen LogP contribution in [0.1, 0.15) is 31.1 Å². The first-order valence-electron chi connectivity index (χ1n) is 5.98. The Bertz CT molecular complexity index is 521. The SMILES string of the molecule is CCNC(C)(C)C(=O)Nc1c(Cl)cc(C(=O)O)cc1Cl. The van der Waals surface area contributed by atoms with Crippen LogP contribution in [0, 0.1) is 0 Å². The van der Waals surface area contributed by atoms with Crippen molar-refractivity contribution in [3.05, 3.63) is 27.7 Å². The summed E-state index contributed by atoms with van der Waals surface area (Å²) in [6.45, 7) is 5.95. The predicted molar refractivity (Wildman–Crippen MR) is 79.8 cm³/mol. The van der Waals surface area contributed by atoms with Gasteiger partial charge in [0.25, 0.3) is 0 Å². The molecule has 3 N–H and O–H groups in total. The number of anilines is 1. The minimum absolute atomic E-state index is 0.0380. The molecule has 0 unspecified atom stereocenters. The lowest BCUT2D eigenvalue weighted by Gasteiger charge is -2.25. The monoisotopic (exact) mass is 318 g/mol. The highest BCUT2D eigenvalue weighted by Gasteiger charge is 2.27. The average molecular weight is 319 g/mol. The molecule has 1 amide bonds. The van der Waals surface area contributed by atoms with Crippen LogP contribution in [0.4, 0.5) is 5.69 Å². The minimum Gasteiger partial charge on any atom is -0.478 e. The van der Waals surface area contributed by atoms with Crippen LogP contribution in [-0.4, -0.2) is 29.1 Å². The number of carbonyl (C=O) groups is 2. The maximum atomic E-state index is 12.1. The van der Waals surface area contributed by atoms with E-state index < -0.39 is 11.5 Å². The molecule has 0 aliphatic rings. The largest absolute Gasteiger partial charge is 0.478 e. The molecule has 7 heteroatoms. The van der Waals surface area contributed by atoms with Crippen molar-refractivity contribution in [3.63, 3.8) is 0 Å². The van der Waals surface area contributed by atoms with Crippen molar-refractivity contribution < 1.29 is 14.7 Å². The fourth-order valence-corrected chi connectivity index (χ4v) is 2.19. The lowest BCUT2D eigenvalue weighted by molar-refractivity contribution is -0.121. The molecule has 0 heterocycles. The molecule has 110 valence electrons. The Morgan fingerprint density at radius 3 is 2.15 bits per heavy atom. The lowest BCUT2D eigenvalue weighted by Crippen LogP contribution is -2.49. The molecule has 0 fully saturated rings. The van der Waals surface area contributed by atoms with Crippen molar-refractivity contribution in [2.75, 3.05) is 11.9 Å². The van der Waals surface area contributed by atoms with Crippen LogP contribution < -0.4 is 10.6 Å². The van der Waals surface area contributed by atoms with Crippen molar-refractivity contribution in [1.82, 2.24) is 5.32 Å². The Morgan fingerprint density at radius 1 is 1.25 bits per heavy atom. The van der Waals surface area contributed by atoms with Gasteiger partial charge in [0, 0.05) is 0 Å². The summed E-state index contributed by atoms with van der Waals surface area (Å²) in [5, 5.41) is 14.7. The molecule has 0 saturated carbocycles. The maximum Gasteiger partial charge on any atom is 0.335 e. The number of aromatic carboxylic acids is 1. The van der Waals surface area contributed by atoms with E-state index in [4.69, 9.17) is 28.3 Å². The molecule has 1 rings (SSSR count). The summed E-state index contributed by atoms with van der Waals surface area (Å²) in [5.74, 6) is -1.45. The van der Waals surface area contributed by atoms with Gasteiger partial charge in [-0.15, -0.1) is 0 Å². The van der Waals surface area contributed by atoms with E-state index in [1.54, 1.807) is 13.8 Å². The molecular weight excluding hydrogens is 303 g/mol. The Hall–Kier alpha value is -1.30. The number of nitrogens with one attached hydrogen (secondary N) is 2. The summed E-state index contributed by atoms with van der Waals surface area (Å²) in [6.07, 6.45) is 0. The highest BCUT2D eigenvalue weighted by molar-refractivity contribution is 6.40. The van der Waals surface area contributed by atoms with E-state index in [0.717, 1.165) is 0 Å².